The number of nitrogens with one attached hydrogen (secondary N) is 1. The van der Waals surface area contributed by atoms with E-state index in [1.807, 2.05) is 37.3 Å². The lowest BCUT2D eigenvalue weighted by molar-refractivity contribution is 0.0594. The van der Waals surface area contributed by atoms with Crippen LogP contribution < -0.4 is 9.47 Å². The van der Waals surface area contributed by atoms with Gasteiger partial charge >= 0.3 is 0 Å². The van der Waals surface area contributed by atoms with Crippen LogP contribution in [-0.2, 0) is 10.3 Å². The van der Waals surface area contributed by atoms with Gasteiger partial charge < -0.3 is 14.2 Å². The van der Waals surface area contributed by atoms with Gasteiger partial charge in [-0.2, -0.15) is 0 Å². The van der Waals surface area contributed by atoms with Crippen LogP contribution in [0, 0.1) is 12.3 Å². The van der Waals surface area contributed by atoms with Gasteiger partial charge in [-0.1, -0.05) is 18.2 Å². The fourth-order valence-corrected chi connectivity index (χ4v) is 3.47. The van der Waals surface area contributed by atoms with Gasteiger partial charge in [-0.05, 0) is 24.6 Å². The third-order valence-corrected chi connectivity index (χ3v) is 4.53. The molecule has 22 heavy (non-hydrogen) atoms. The lowest BCUT2D eigenvalue weighted by Crippen LogP contribution is -2.34. The maximum absolute atomic E-state index is 8.18. The number of hydrogen-bond acceptors (Lipinski definition) is 4. The number of fused-ring (bicyclic) bond motifs is 4. The average Bonchev–Trinajstić information content (AvgIpc) is 2.82. The van der Waals surface area contributed by atoms with Crippen LogP contribution in [0.15, 0.2) is 36.4 Å². The first-order valence-electron chi connectivity index (χ1n) is 7.35. The smallest absolute Gasteiger partial charge is 0.214 e. The van der Waals surface area contributed by atoms with Crippen LogP contribution in [0.4, 0.5) is 0 Å². The van der Waals surface area contributed by atoms with Crippen molar-refractivity contribution in [3.05, 3.63) is 58.7 Å². The molecule has 0 aromatic heterocycles. The van der Waals surface area contributed by atoms with Gasteiger partial charge in [0, 0.05) is 29.2 Å². The molecule has 0 radical (unpaired) electrons. The Hall–Kier alpha value is -2.49. The number of rotatable bonds is 1. The third kappa shape index (κ3) is 1.61. The minimum atomic E-state index is -0.613. The van der Waals surface area contributed by atoms with E-state index in [2.05, 4.69) is 6.07 Å². The highest BCUT2D eigenvalue weighted by Gasteiger charge is 2.48. The van der Waals surface area contributed by atoms with E-state index in [1.165, 1.54) is 0 Å². The highest BCUT2D eigenvalue weighted by atomic mass is 16.5. The topological polar surface area (TPSA) is 51.5 Å². The summed E-state index contributed by atoms with van der Waals surface area (Å²) in [5, 5.41) is 8.18. The summed E-state index contributed by atoms with van der Waals surface area (Å²) < 4.78 is 17.3. The Bertz CT molecular complexity index is 784. The number of methoxy groups -OCH3 is 1. The Balaban J connectivity index is 1.97. The van der Waals surface area contributed by atoms with Gasteiger partial charge in [0.15, 0.2) is 5.60 Å². The van der Waals surface area contributed by atoms with Crippen LogP contribution in [0.3, 0.4) is 0 Å². The van der Waals surface area contributed by atoms with Gasteiger partial charge in [-0.3, -0.25) is 5.41 Å². The first kappa shape index (κ1) is 13.2. The second-order valence-corrected chi connectivity index (χ2v) is 5.72. The van der Waals surface area contributed by atoms with Crippen molar-refractivity contribution < 1.29 is 14.2 Å². The molecule has 1 unspecified atom stereocenters. The van der Waals surface area contributed by atoms with E-state index in [4.69, 9.17) is 19.6 Å². The molecule has 0 amide bonds. The molecule has 1 atom stereocenters. The zero-order chi connectivity index (χ0) is 15.3. The van der Waals surface area contributed by atoms with Crippen LogP contribution >= 0.6 is 0 Å². The van der Waals surface area contributed by atoms with Gasteiger partial charge in [0.2, 0.25) is 5.90 Å². The van der Waals surface area contributed by atoms with Crippen molar-refractivity contribution in [1.82, 2.24) is 0 Å². The maximum atomic E-state index is 8.18. The second kappa shape index (κ2) is 4.50. The summed E-state index contributed by atoms with van der Waals surface area (Å²) in [6.07, 6.45) is 0.700. The van der Waals surface area contributed by atoms with Crippen LogP contribution in [0.2, 0.25) is 0 Å². The van der Waals surface area contributed by atoms with Crippen LogP contribution in [0.5, 0.6) is 11.5 Å². The minimum absolute atomic E-state index is 0.233. The molecule has 2 aromatic rings. The molecule has 2 heterocycles. The average molecular weight is 295 g/mol. The lowest BCUT2D eigenvalue weighted by Gasteiger charge is -2.35. The summed E-state index contributed by atoms with van der Waals surface area (Å²) in [5.41, 5.74) is 3.31. The molecule has 0 fully saturated rings. The van der Waals surface area contributed by atoms with E-state index in [1.54, 1.807) is 7.11 Å². The van der Waals surface area contributed by atoms with Crippen LogP contribution in [0.25, 0.3) is 0 Å². The Morgan fingerprint density at radius 1 is 1.18 bits per heavy atom. The van der Waals surface area contributed by atoms with E-state index < -0.39 is 5.60 Å². The van der Waals surface area contributed by atoms with Crippen molar-refractivity contribution in [3.63, 3.8) is 0 Å². The van der Waals surface area contributed by atoms with E-state index in [9.17, 15) is 0 Å². The fraction of sp³-hybridized carbons (Fsp3) is 0.278. The highest BCUT2D eigenvalue weighted by Crippen LogP contribution is 2.50. The first-order chi connectivity index (χ1) is 10.7. The predicted molar refractivity (Wildman–Crippen MR) is 83.0 cm³/mol. The molecule has 1 N–H and O–H groups in total. The molecule has 0 aliphatic carbocycles. The summed E-state index contributed by atoms with van der Waals surface area (Å²) >= 11 is 0. The van der Waals surface area contributed by atoms with Crippen molar-refractivity contribution in [2.45, 2.75) is 18.9 Å². The van der Waals surface area contributed by atoms with E-state index >= 15 is 0 Å². The van der Waals surface area contributed by atoms with Crippen LogP contribution in [0.1, 0.15) is 28.7 Å². The monoisotopic (exact) mass is 295 g/mol. The molecule has 2 aromatic carbocycles. The van der Waals surface area contributed by atoms with Gasteiger partial charge in [-0.25, -0.2) is 0 Å². The maximum Gasteiger partial charge on any atom is 0.214 e. The van der Waals surface area contributed by atoms with Gasteiger partial charge in [-0.15, -0.1) is 0 Å². The van der Waals surface area contributed by atoms with E-state index in [0.29, 0.717) is 13.0 Å². The summed E-state index contributed by atoms with van der Waals surface area (Å²) in [7, 11) is 1.66. The molecule has 112 valence electrons. The number of hydrogen-bond donors (Lipinski definition) is 1. The molecule has 0 saturated heterocycles. The van der Waals surface area contributed by atoms with Crippen molar-refractivity contribution >= 4 is 5.90 Å². The zero-order valence-electron chi connectivity index (χ0n) is 12.6. The summed E-state index contributed by atoms with van der Waals surface area (Å²) in [6, 6.07) is 11.9. The van der Waals surface area contributed by atoms with Gasteiger partial charge in [0.05, 0.1) is 13.7 Å². The highest BCUT2D eigenvalue weighted by molar-refractivity contribution is 5.97. The molecule has 0 saturated carbocycles. The lowest BCUT2D eigenvalue weighted by atomic mass is 9.81. The van der Waals surface area contributed by atoms with Gasteiger partial charge in [0.1, 0.15) is 11.5 Å². The molecular weight excluding hydrogens is 278 g/mol. The molecule has 0 bridgehead atoms. The second-order valence-electron chi connectivity index (χ2n) is 5.72. The van der Waals surface area contributed by atoms with E-state index in [0.717, 1.165) is 33.8 Å². The minimum Gasteiger partial charge on any atom is -0.496 e. The SMILES string of the molecule is COc1cc2c(cc1C)C1(CCO2)OC(=N)c2ccccc21. The van der Waals surface area contributed by atoms with Crippen molar-refractivity contribution in [2.24, 2.45) is 0 Å². The molecule has 1 spiro atoms. The molecule has 4 rings (SSSR count). The fourth-order valence-electron chi connectivity index (χ4n) is 3.47. The molecule has 4 nitrogen and oxygen atoms in total. The van der Waals surface area contributed by atoms with Gasteiger partial charge in [0.25, 0.3) is 0 Å². The van der Waals surface area contributed by atoms with Crippen molar-refractivity contribution in [2.75, 3.05) is 13.7 Å². The van der Waals surface area contributed by atoms with Crippen LogP contribution in [-0.4, -0.2) is 19.6 Å². The number of aryl methyl sites for hydroxylation is 1. The molecule has 2 aliphatic rings. The predicted octanol–water partition coefficient (Wildman–Crippen LogP) is 3.39. The largest absolute Gasteiger partial charge is 0.496 e. The first-order valence-corrected chi connectivity index (χ1v) is 7.35. The quantitative estimate of drug-likeness (QED) is 0.877. The molecule has 4 heteroatoms. The number of ether oxygens (including phenoxy) is 3. The number of benzene rings is 2. The Kier molecular flexibility index (Phi) is 2.70. The Morgan fingerprint density at radius 2 is 2.00 bits per heavy atom. The summed E-state index contributed by atoms with van der Waals surface area (Å²) in [5.74, 6) is 1.81. The summed E-state index contributed by atoms with van der Waals surface area (Å²) in [6.45, 7) is 2.56. The molecule has 2 aliphatic heterocycles. The Morgan fingerprint density at radius 3 is 2.82 bits per heavy atom. The normalized spacial score (nSPS) is 21.8. The van der Waals surface area contributed by atoms with Crippen molar-refractivity contribution in [3.8, 4) is 11.5 Å². The Labute approximate surface area is 129 Å². The standard InChI is InChI=1S/C18H17NO3/c1-11-9-14-16(10-15(11)20-2)21-8-7-18(14)13-6-4-3-5-12(13)17(19)22-18/h3-6,9-10,19H,7-8H2,1-2H3. The summed E-state index contributed by atoms with van der Waals surface area (Å²) in [4.78, 5) is 0. The van der Waals surface area contributed by atoms with E-state index in [-0.39, 0.29) is 5.90 Å². The molecular formula is C18H17NO3. The zero-order valence-corrected chi connectivity index (χ0v) is 12.6. The third-order valence-electron chi connectivity index (χ3n) is 4.53. The van der Waals surface area contributed by atoms with Crippen molar-refractivity contribution in [1.29, 1.82) is 5.41 Å².